The molecule has 1 aliphatic heterocycles. The molecule has 0 spiro atoms. The molecule has 0 saturated carbocycles. The number of carbonyl (C=O) groups excluding carboxylic acids is 2. The number of piperazine rings is 1. The zero-order chi connectivity index (χ0) is 24.8. The van der Waals surface area contributed by atoms with E-state index in [-0.39, 0.29) is 11.8 Å². The summed E-state index contributed by atoms with van der Waals surface area (Å²) in [4.78, 5) is 29.5. The molecule has 35 heavy (non-hydrogen) atoms. The second kappa shape index (κ2) is 11.8. The van der Waals surface area contributed by atoms with E-state index >= 15 is 0 Å². The largest absolute Gasteiger partial charge is 0.494 e. The molecule has 0 bridgehead atoms. The second-order valence-corrected chi connectivity index (χ2v) is 9.94. The van der Waals surface area contributed by atoms with E-state index < -0.39 is 0 Å². The molecule has 0 unspecified atom stereocenters. The number of anilines is 2. The van der Waals surface area contributed by atoms with E-state index in [2.05, 4.69) is 39.7 Å². The first-order valence-electron chi connectivity index (χ1n) is 11.6. The van der Waals surface area contributed by atoms with Crippen molar-refractivity contribution in [1.82, 2.24) is 4.90 Å². The summed E-state index contributed by atoms with van der Waals surface area (Å²) in [5, 5.41) is 3.47. The Balaban J connectivity index is 1.34. The smallest absolute Gasteiger partial charge is 0.255 e. The Morgan fingerprint density at radius 2 is 1.71 bits per heavy atom. The van der Waals surface area contributed by atoms with Gasteiger partial charge in [0.25, 0.3) is 11.8 Å². The van der Waals surface area contributed by atoms with Crippen molar-refractivity contribution in [3.05, 3.63) is 86.4 Å². The highest BCUT2D eigenvalue weighted by Gasteiger charge is 2.23. The molecule has 1 aliphatic rings. The maximum absolute atomic E-state index is 12.9. The summed E-state index contributed by atoms with van der Waals surface area (Å²) >= 11 is 8.76. The third-order valence-corrected chi connectivity index (χ3v) is 6.75. The van der Waals surface area contributed by atoms with Gasteiger partial charge in [-0.2, -0.15) is 0 Å². The van der Waals surface area contributed by atoms with Gasteiger partial charge >= 0.3 is 0 Å². The number of ether oxygens (including phenoxy) is 1. The molecular weight excluding hydrogens is 577 g/mol. The zero-order valence-corrected chi connectivity index (χ0v) is 22.4. The minimum Gasteiger partial charge on any atom is -0.494 e. The highest BCUT2D eigenvalue weighted by molar-refractivity contribution is 14.1. The Bertz CT molecular complexity index is 1190. The average molecular weight is 604 g/mol. The molecule has 2 amide bonds. The number of carbonyl (C=O) groups is 2. The molecule has 3 aromatic rings. The van der Waals surface area contributed by atoms with E-state index in [0.29, 0.717) is 54.6 Å². The predicted octanol–water partition coefficient (Wildman–Crippen LogP) is 5.95. The van der Waals surface area contributed by atoms with Gasteiger partial charge in [-0.3, -0.25) is 9.59 Å². The van der Waals surface area contributed by atoms with Crippen LogP contribution in [0.15, 0.2) is 66.7 Å². The first-order valence-corrected chi connectivity index (χ1v) is 13.0. The fourth-order valence-electron chi connectivity index (χ4n) is 3.92. The summed E-state index contributed by atoms with van der Waals surface area (Å²) in [6.45, 7) is 5.29. The van der Waals surface area contributed by atoms with Crippen LogP contribution in [0.1, 0.15) is 34.1 Å². The zero-order valence-electron chi connectivity index (χ0n) is 19.5. The number of nitrogens with zero attached hydrogens (tertiary/aromatic N) is 2. The quantitative estimate of drug-likeness (QED) is 0.339. The molecule has 1 fully saturated rings. The molecule has 3 aromatic carbocycles. The molecule has 182 valence electrons. The minimum atomic E-state index is -0.176. The molecule has 0 radical (unpaired) electrons. The maximum Gasteiger partial charge on any atom is 0.255 e. The Kier molecular flexibility index (Phi) is 8.51. The fraction of sp³-hybridized carbons (Fsp3) is 0.259. The first kappa shape index (κ1) is 25.3. The Hall–Kier alpha value is -2.78. The van der Waals surface area contributed by atoms with Crippen LogP contribution >= 0.6 is 34.2 Å². The average Bonchev–Trinajstić information content (AvgIpc) is 2.87. The van der Waals surface area contributed by atoms with Gasteiger partial charge in [-0.15, -0.1) is 0 Å². The van der Waals surface area contributed by atoms with E-state index in [9.17, 15) is 9.59 Å². The van der Waals surface area contributed by atoms with Crippen LogP contribution in [0.2, 0.25) is 5.02 Å². The normalized spacial score (nSPS) is 13.5. The number of halogens is 2. The molecule has 1 heterocycles. The van der Waals surface area contributed by atoms with Crippen molar-refractivity contribution in [3.8, 4) is 5.75 Å². The van der Waals surface area contributed by atoms with Gasteiger partial charge in [0, 0.05) is 46.6 Å². The van der Waals surface area contributed by atoms with Crippen molar-refractivity contribution in [3.63, 3.8) is 0 Å². The van der Waals surface area contributed by atoms with Crippen molar-refractivity contribution in [2.45, 2.75) is 13.3 Å². The number of benzene rings is 3. The van der Waals surface area contributed by atoms with Crippen molar-refractivity contribution in [2.75, 3.05) is 43.0 Å². The summed E-state index contributed by atoms with van der Waals surface area (Å²) in [7, 11) is 0. The van der Waals surface area contributed by atoms with Crippen LogP contribution in [0.4, 0.5) is 11.4 Å². The topological polar surface area (TPSA) is 61.9 Å². The van der Waals surface area contributed by atoms with Crippen molar-refractivity contribution >= 4 is 57.4 Å². The third-order valence-electron chi connectivity index (χ3n) is 5.77. The summed E-state index contributed by atoms with van der Waals surface area (Å²) in [6, 6.07) is 20.3. The van der Waals surface area contributed by atoms with Gasteiger partial charge in [0.15, 0.2) is 0 Å². The van der Waals surface area contributed by atoms with E-state index in [1.165, 1.54) is 0 Å². The molecule has 0 aliphatic carbocycles. The van der Waals surface area contributed by atoms with Gasteiger partial charge in [0.2, 0.25) is 0 Å². The monoisotopic (exact) mass is 603 g/mol. The fourth-order valence-corrected chi connectivity index (χ4v) is 4.76. The van der Waals surface area contributed by atoms with Crippen LogP contribution < -0.4 is 15.0 Å². The van der Waals surface area contributed by atoms with Crippen molar-refractivity contribution in [1.29, 1.82) is 0 Å². The van der Waals surface area contributed by atoms with Crippen LogP contribution in [0.25, 0.3) is 0 Å². The number of amides is 2. The molecule has 4 rings (SSSR count). The van der Waals surface area contributed by atoms with Crippen LogP contribution in [-0.2, 0) is 0 Å². The molecule has 1 N–H and O–H groups in total. The van der Waals surface area contributed by atoms with Gasteiger partial charge in [-0.1, -0.05) is 24.6 Å². The highest BCUT2D eigenvalue weighted by Crippen LogP contribution is 2.30. The molecule has 1 saturated heterocycles. The van der Waals surface area contributed by atoms with Gasteiger partial charge in [0.1, 0.15) is 5.75 Å². The number of hydrogen-bond acceptors (Lipinski definition) is 4. The van der Waals surface area contributed by atoms with Gasteiger partial charge in [-0.05, 0) is 89.7 Å². The Morgan fingerprint density at radius 3 is 2.37 bits per heavy atom. The lowest BCUT2D eigenvalue weighted by Crippen LogP contribution is -2.48. The molecule has 0 atom stereocenters. The van der Waals surface area contributed by atoms with Crippen molar-refractivity contribution < 1.29 is 14.3 Å². The van der Waals surface area contributed by atoms with Gasteiger partial charge in [0.05, 0.1) is 17.3 Å². The van der Waals surface area contributed by atoms with Crippen LogP contribution in [0, 0.1) is 3.57 Å². The molecular formula is C27H27ClIN3O3. The predicted molar refractivity (Wildman–Crippen MR) is 149 cm³/mol. The first-order chi connectivity index (χ1) is 16.9. The van der Waals surface area contributed by atoms with Gasteiger partial charge < -0.3 is 19.9 Å². The Morgan fingerprint density at radius 1 is 0.971 bits per heavy atom. The third kappa shape index (κ3) is 6.46. The molecule has 6 nitrogen and oxygen atoms in total. The van der Waals surface area contributed by atoms with E-state index in [1.54, 1.807) is 12.1 Å². The lowest BCUT2D eigenvalue weighted by Gasteiger charge is -2.36. The van der Waals surface area contributed by atoms with Crippen LogP contribution in [0.5, 0.6) is 5.75 Å². The number of hydrogen-bond donors (Lipinski definition) is 1. The second-order valence-electron chi connectivity index (χ2n) is 8.28. The van der Waals surface area contributed by atoms with Gasteiger partial charge in [-0.25, -0.2) is 0 Å². The highest BCUT2D eigenvalue weighted by atomic mass is 127. The van der Waals surface area contributed by atoms with Crippen molar-refractivity contribution in [2.24, 2.45) is 0 Å². The summed E-state index contributed by atoms with van der Waals surface area (Å²) in [5.74, 6) is 0.622. The SMILES string of the molecule is CCCOc1ccc(C(=O)N2CCN(c3ccc(NC(=O)c4cccc(I)c4)cc3Cl)CC2)cc1. The summed E-state index contributed by atoms with van der Waals surface area (Å²) in [6.07, 6.45) is 0.944. The molecule has 8 heteroatoms. The maximum atomic E-state index is 12.9. The summed E-state index contributed by atoms with van der Waals surface area (Å²) in [5.41, 5.74) is 2.79. The minimum absolute atomic E-state index is 0.0198. The number of rotatable bonds is 7. The summed E-state index contributed by atoms with van der Waals surface area (Å²) < 4.78 is 6.60. The van der Waals surface area contributed by atoms with Crippen LogP contribution in [0.3, 0.4) is 0 Å². The van der Waals surface area contributed by atoms with E-state index in [1.807, 2.05) is 59.5 Å². The van der Waals surface area contributed by atoms with E-state index in [0.717, 1.165) is 21.4 Å². The van der Waals surface area contributed by atoms with Crippen LogP contribution in [-0.4, -0.2) is 49.5 Å². The molecule has 0 aromatic heterocycles. The standard InChI is InChI=1S/C27H27ClIN3O3/c1-2-16-35-23-9-6-19(7-10-23)27(34)32-14-12-31(13-15-32)25-11-8-22(18-24(25)28)30-26(33)20-4-3-5-21(29)17-20/h3-11,17-18H,2,12-16H2,1H3,(H,30,33). The number of nitrogens with one attached hydrogen (secondary N) is 1. The van der Waals surface area contributed by atoms with E-state index in [4.69, 9.17) is 16.3 Å². The lowest BCUT2D eigenvalue weighted by molar-refractivity contribution is 0.0746. The Labute approximate surface area is 224 Å². The lowest BCUT2D eigenvalue weighted by atomic mass is 10.1.